The lowest BCUT2D eigenvalue weighted by Crippen LogP contribution is -2.32. The first-order valence-corrected chi connectivity index (χ1v) is 12.2. The van der Waals surface area contributed by atoms with Gasteiger partial charge in [0.15, 0.2) is 15.9 Å². The van der Waals surface area contributed by atoms with E-state index in [4.69, 9.17) is 9.47 Å². The van der Waals surface area contributed by atoms with E-state index >= 15 is 0 Å². The molecule has 0 saturated carbocycles. The maximum atomic E-state index is 12.8. The van der Waals surface area contributed by atoms with Crippen molar-refractivity contribution in [2.75, 3.05) is 29.6 Å². The molecule has 168 valence electrons. The van der Waals surface area contributed by atoms with Crippen molar-refractivity contribution in [3.8, 4) is 11.5 Å². The molecular formula is C23H29NO6S. The number of hydrogen-bond acceptors (Lipinski definition) is 6. The van der Waals surface area contributed by atoms with Gasteiger partial charge in [0.05, 0.1) is 5.75 Å². The van der Waals surface area contributed by atoms with Crippen molar-refractivity contribution >= 4 is 21.4 Å². The molecule has 1 amide bonds. The van der Waals surface area contributed by atoms with E-state index in [0.29, 0.717) is 24.5 Å². The standard InChI is InChI=1S/C23H29NO6S/c1-4-31(27,28)15-19(25)14-29-21-10-7-18(13-17(21)3)24-12-11-22(23(24)26)30-20-8-5-16(2)6-9-20/h5-10,13,19,22,25H,4,11-12,14-15H2,1-3H3/t19-,22?/m0/s1. The Hall–Kier alpha value is -2.58. The Kier molecular flexibility index (Phi) is 7.23. The molecule has 1 aliphatic heterocycles. The number of carbonyl (C=O) groups is 1. The van der Waals surface area contributed by atoms with E-state index in [9.17, 15) is 18.3 Å². The molecular weight excluding hydrogens is 418 g/mol. The lowest BCUT2D eigenvalue weighted by molar-refractivity contribution is -0.122. The predicted molar refractivity (Wildman–Crippen MR) is 120 cm³/mol. The summed E-state index contributed by atoms with van der Waals surface area (Å²) in [7, 11) is -3.27. The van der Waals surface area contributed by atoms with E-state index in [1.54, 1.807) is 24.0 Å². The minimum atomic E-state index is -3.27. The quantitative estimate of drug-likeness (QED) is 0.635. The van der Waals surface area contributed by atoms with Crippen LogP contribution in [-0.2, 0) is 14.6 Å². The summed E-state index contributed by atoms with van der Waals surface area (Å²) in [5.41, 5.74) is 2.67. The Morgan fingerprint density at radius 1 is 1.16 bits per heavy atom. The average Bonchev–Trinajstić information content (AvgIpc) is 3.08. The molecule has 0 aliphatic carbocycles. The molecule has 0 radical (unpaired) electrons. The molecule has 2 aromatic rings. The first-order valence-electron chi connectivity index (χ1n) is 10.3. The van der Waals surface area contributed by atoms with Crippen LogP contribution in [0.3, 0.4) is 0 Å². The summed E-state index contributed by atoms with van der Waals surface area (Å²) in [6.45, 7) is 5.82. The van der Waals surface area contributed by atoms with Gasteiger partial charge in [-0.25, -0.2) is 8.42 Å². The summed E-state index contributed by atoms with van der Waals surface area (Å²) in [5.74, 6) is 0.778. The van der Waals surface area contributed by atoms with Gasteiger partial charge in [0.25, 0.3) is 5.91 Å². The van der Waals surface area contributed by atoms with Crippen LogP contribution in [0.2, 0.25) is 0 Å². The number of ether oxygens (including phenoxy) is 2. The Balaban J connectivity index is 1.60. The largest absolute Gasteiger partial charge is 0.491 e. The monoisotopic (exact) mass is 447 g/mol. The first-order chi connectivity index (χ1) is 14.7. The molecule has 0 bridgehead atoms. The molecule has 2 atom stereocenters. The topological polar surface area (TPSA) is 93.1 Å². The SMILES string of the molecule is CCS(=O)(=O)C[C@@H](O)COc1ccc(N2CCC(Oc3ccc(C)cc3)C2=O)cc1C. The predicted octanol–water partition coefficient (Wildman–Crippen LogP) is 2.66. The number of carbonyl (C=O) groups excluding carboxylic acids is 1. The zero-order valence-electron chi connectivity index (χ0n) is 18.1. The first kappa shape index (κ1) is 23.1. The van der Waals surface area contributed by atoms with Crippen LogP contribution in [0.25, 0.3) is 0 Å². The lowest BCUT2D eigenvalue weighted by atomic mass is 10.2. The van der Waals surface area contributed by atoms with Gasteiger partial charge in [0.1, 0.15) is 24.2 Å². The summed E-state index contributed by atoms with van der Waals surface area (Å²) < 4.78 is 34.7. The van der Waals surface area contributed by atoms with Crippen LogP contribution in [-0.4, -0.2) is 56.3 Å². The molecule has 0 aromatic heterocycles. The summed E-state index contributed by atoms with van der Waals surface area (Å²) >= 11 is 0. The number of rotatable bonds is 9. The second-order valence-corrected chi connectivity index (χ2v) is 10.2. The minimum absolute atomic E-state index is 0.0176. The smallest absolute Gasteiger partial charge is 0.268 e. The van der Waals surface area contributed by atoms with Crippen molar-refractivity contribution in [1.82, 2.24) is 0 Å². The van der Waals surface area contributed by atoms with E-state index in [-0.39, 0.29) is 24.0 Å². The molecule has 8 heteroatoms. The second-order valence-electron chi connectivity index (χ2n) is 7.81. The highest BCUT2D eigenvalue weighted by Gasteiger charge is 2.34. The molecule has 1 aliphatic rings. The Morgan fingerprint density at radius 2 is 1.87 bits per heavy atom. The third-order valence-electron chi connectivity index (χ3n) is 5.24. The van der Waals surface area contributed by atoms with Gasteiger partial charge in [-0.05, 0) is 49.7 Å². The Labute approximate surface area is 183 Å². The maximum Gasteiger partial charge on any atom is 0.268 e. The Morgan fingerprint density at radius 3 is 2.52 bits per heavy atom. The highest BCUT2D eigenvalue weighted by Crippen LogP contribution is 2.29. The molecule has 1 fully saturated rings. The molecule has 1 N–H and O–H groups in total. The summed E-state index contributed by atoms with van der Waals surface area (Å²) in [6, 6.07) is 13.0. The lowest BCUT2D eigenvalue weighted by Gasteiger charge is -2.19. The molecule has 2 aromatic carbocycles. The van der Waals surface area contributed by atoms with Gasteiger partial charge in [-0.3, -0.25) is 4.79 Å². The molecule has 1 unspecified atom stereocenters. The third-order valence-corrected chi connectivity index (χ3v) is 7.02. The average molecular weight is 448 g/mol. The molecule has 7 nitrogen and oxygen atoms in total. The highest BCUT2D eigenvalue weighted by atomic mass is 32.2. The molecule has 3 rings (SSSR count). The van der Waals surface area contributed by atoms with E-state index < -0.39 is 22.0 Å². The maximum absolute atomic E-state index is 12.8. The molecule has 1 saturated heterocycles. The zero-order chi connectivity index (χ0) is 22.6. The van der Waals surface area contributed by atoms with E-state index in [1.807, 2.05) is 44.2 Å². The number of aryl methyl sites for hydroxylation is 2. The minimum Gasteiger partial charge on any atom is -0.491 e. The van der Waals surface area contributed by atoms with Crippen LogP contribution < -0.4 is 14.4 Å². The summed E-state index contributed by atoms with van der Waals surface area (Å²) in [5, 5.41) is 9.92. The van der Waals surface area contributed by atoms with Crippen LogP contribution in [0.1, 0.15) is 24.5 Å². The Bertz CT molecular complexity index is 1020. The third kappa shape index (κ3) is 5.98. The number of benzene rings is 2. The summed E-state index contributed by atoms with van der Waals surface area (Å²) in [6.07, 6.45) is -1.01. The fraction of sp³-hybridized carbons (Fsp3) is 0.435. The zero-order valence-corrected chi connectivity index (χ0v) is 18.9. The number of nitrogens with zero attached hydrogens (tertiary/aromatic N) is 1. The van der Waals surface area contributed by atoms with Crippen molar-refractivity contribution in [1.29, 1.82) is 0 Å². The van der Waals surface area contributed by atoms with Crippen LogP contribution in [0.15, 0.2) is 42.5 Å². The van der Waals surface area contributed by atoms with Crippen LogP contribution in [0.4, 0.5) is 5.69 Å². The molecule has 31 heavy (non-hydrogen) atoms. The fourth-order valence-corrected chi connectivity index (χ4v) is 4.33. The van der Waals surface area contributed by atoms with Crippen molar-refractivity contribution < 1.29 is 27.8 Å². The van der Waals surface area contributed by atoms with E-state index in [2.05, 4.69) is 0 Å². The van der Waals surface area contributed by atoms with Gasteiger partial charge >= 0.3 is 0 Å². The van der Waals surface area contributed by atoms with E-state index in [1.165, 1.54) is 0 Å². The van der Waals surface area contributed by atoms with Gasteiger partial charge in [0.2, 0.25) is 0 Å². The highest BCUT2D eigenvalue weighted by molar-refractivity contribution is 7.91. The van der Waals surface area contributed by atoms with Crippen molar-refractivity contribution in [3.05, 3.63) is 53.6 Å². The number of aliphatic hydroxyl groups excluding tert-OH is 1. The van der Waals surface area contributed by atoms with Crippen molar-refractivity contribution in [3.63, 3.8) is 0 Å². The number of hydrogen-bond donors (Lipinski definition) is 1. The van der Waals surface area contributed by atoms with Crippen LogP contribution >= 0.6 is 0 Å². The van der Waals surface area contributed by atoms with Crippen LogP contribution in [0.5, 0.6) is 11.5 Å². The van der Waals surface area contributed by atoms with Crippen molar-refractivity contribution in [2.45, 2.75) is 39.4 Å². The van der Waals surface area contributed by atoms with Gasteiger partial charge < -0.3 is 19.5 Å². The number of anilines is 1. The van der Waals surface area contributed by atoms with Gasteiger partial charge in [0, 0.05) is 24.4 Å². The van der Waals surface area contributed by atoms with Gasteiger partial charge in [-0.15, -0.1) is 0 Å². The molecule has 0 spiro atoms. The summed E-state index contributed by atoms with van der Waals surface area (Å²) in [4.78, 5) is 14.5. The van der Waals surface area contributed by atoms with Gasteiger partial charge in [-0.2, -0.15) is 0 Å². The van der Waals surface area contributed by atoms with E-state index in [0.717, 1.165) is 16.8 Å². The normalized spacial score (nSPS) is 17.6. The second kappa shape index (κ2) is 9.70. The number of sulfone groups is 1. The van der Waals surface area contributed by atoms with Crippen molar-refractivity contribution in [2.24, 2.45) is 0 Å². The van der Waals surface area contributed by atoms with Gasteiger partial charge in [-0.1, -0.05) is 24.6 Å². The molecule has 1 heterocycles. The fourth-order valence-electron chi connectivity index (χ4n) is 3.41. The van der Waals surface area contributed by atoms with Crippen LogP contribution in [0, 0.1) is 13.8 Å². The number of aliphatic hydroxyl groups is 1. The number of amides is 1.